The van der Waals surface area contributed by atoms with Crippen LogP contribution >= 0.6 is 34.3 Å². The molecule has 0 N–H and O–H groups in total. The normalized spacial score (nSPS) is 15.7. The van der Waals surface area contributed by atoms with E-state index in [1.54, 1.807) is 22.4 Å². The minimum absolute atomic E-state index is 0.0678. The van der Waals surface area contributed by atoms with Crippen molar-refractivity contribution in [3.8, 4) is 0 Å². The number of sulfonamides is 1. The van der Waals surface area contributed by atoms with E-state index >= 15 is 0 Å². The third-order valence-electron chi connectivity index (χ3n) is 4.63. The van der Waals surface area contributed by atoms with Gasteiger partial charge in [-0.1, -0.05) is 17.7 Å². The van der Waals surface area contributed by atoms with Gasteiger partial charge in [0.1, 0.15) is 9.09 Å². The first-order valence-electron chi connectivity index (χ1n) is 8.48. The molecule has 29 heavy (non-hydrogen) atoms. The Hall–Kier alpha value is -2.05. The maximum absolute atomic E-state index is 12.9. The summed E-state index contributed by atoms with van der Waals surface area (Å²) in [4.78, 5) is 25.3. The Bertz CT molecular complexity index is 1200. The first-order chi connectivity index (χ1) is 13.8. The van der Waals surface area contributed by atoms with Crippen LogP contribution < -0.4 is 0 Å². The number of fused-ring (bicyclic) bond motifs is 1. The third-order valence-corrected chi connectivity index (χ3v) is 9.55. The molecule has 8 nitrogen and oxygen atoms in total. The molecule has 3 heterocycles. The van der Waals surface area contributed by atoms with Gasteiger partial charge in [-0.3, -0.25) is 14.9 Å². The molecule has 1 fully saturated rings. The van der Waals surface area contributed by atoms with E-state index < -0.39 is 14.9 Å². The van der Waals surface area contributed by atoms with Gasteiger partial charge in [0.25, 0.3) is 21.6 Å². The Morgan fingerprint density at radius 3 is 2.52 bits per heavy atom. The maximum atomic E-state index is 12.9. The highest BCUT2D eigenvalue weighted by atomic mass is 35.5. The topological polar surface area (TPSA) is 101 Å². The quantitative estimate of drug-likeness (QED) is 0.427. The van der Waals surface area contributed by atoms with Crippen molar-refractivity contribution in [2.75, 3.05) is 26.2 Å². The molecule has 0 bridgehead atoms. The van der Waals surface area contributed by atoms with Crippen LogP contribution in [0.1, 0.15) is 9.67 Å². The van der Waals surface area contributed by atoms with E-state index in [0.29, 0.717) is 15.0 Å². The van der Waals surface area contributed by atoms with Crippen LogP contribution in [0.25, 0.3) is 10.1 Å². The number of nitro groups is 1. The van der Waals surface area contributed by atoms with Crippen LogP contribution in [0.2, 0.25) is 5.02 Å². The number of rotatable bonds is 4. The zero-order valence-electron chi connectivity index (χ0n) is 14.8. The molecule has 2 aromatic heterocycles. The van der Waals surface area contributed by atoms with Gasteiger partial charge in [0.2, 0.25) is 0 Å². The second-order valence-corrected chi connectivity index (χ2v) is 10.9. The molecule has 0 spiro atoms. The Morgan fingerprint density at radius 2 is 1.90 bits per heavy atom. The number of carbonyl (C=O) groups is 1. The molecule has 4 rings (SSSR count). The molecule has 0 aliphatic carbocycles. The van der Waals surface area contributed by atoms with Gasteiger partial charge >= 0.3 is 0 Å². The summed E-state index contributed by atoms with van der Waals surface area (Å²) in [6.07, 6.45) is 0. The van der Waals surface area contributed by atoms with Crippen LogP contribution in [0.15, 0.2) is 39.9 Å². The summed E-state index contributed by atoms with van der Waals surface area (Å²) >= 11 is 8.62. The summed E-state index contributed by atoms with van der Waals surface area (Å²) in [5, 5.41) is 13.5. The zero-order valence-corrected chi connectivity index (χ0v) is 18.0. The number of thiophene rings is 2. The number of nitrogens with zero attached hydrogens (tertiary/aromatic N) is 3. The first-order valence-corrected chi connectivity index (χ1v) is 12.0. The van der Waals surface area contributed by atoms with E-state index in [2.05, 4.69) is 0 Å². The lowest BCUT2D eigenvalue weighted by Crippen LogP contribution is -2.50. The third kappa shape index (κ3) is 3.64. The minimum atomic E-state index is -3.55. The maximum Gasteiger partial charge on any atom is 0.270 e. The molecule has 1 amide bonds. The highest BCUT2D eigenvalue weighted by molar-refractivity contribution is 7.91. The molecule has 1 aromatic carbocycles. The molecule has 12 heteroatoms. The van der Waals surface area contributed by atoms with Crippen LogP contribution in [0.4, 0.5) is 5.69 Å². The van der Waals surface area contributed by atoms with E-state index in [1.807, 2.05) is 0 Å². The summed E-state index contributed by atoms with van der Waals surface area (Å²) in [7, 11) is -3.55. The average Bonchev–Trinajstić information content (AvgIpc) is 3.36. The molecular weight excluding hydrogens is 458 g/mol. The monoisotopic (exact) mass is 471 g/mol. The molecule has 0 radical (unpaired) electrons. The average molecular weight is 472 g/mol. The van der Waals surface area contributed by atoms with Gasteiger partial charge in [-0.15, -0.1) is 22.7 Å². The SMILES string of the molecule is O=C(c1sc2cc([N+](=O)[O-])ccc2c1Cl)N1CCN(S(=O)(=O)c2cccs2)CC1. The van der Waals surface area contributed by atoms with Gasteiger partial charge in [0.15, 0.2) is 0 Å². The summed E-state index contributed by atoms with van der Waals surface area (Å²) in [5.74, 6) is -0.299. The second-order valence-electron chi connectivity index (χ2n) is 6.31. The molecule has 1 aliphatic heterocycles. The molecular formula is C17H14ClN3O5S3. The Kier molecular flexibility index (Phi) is 5.34. The van der Waals surface area contributed by atoms with Crippen molar-refractivity contribution in [1.29, 1.82) is 0 Å². The number of benzene rings is 1. The number of hydrogen-bond donors (Lipinski definition) is 0. The van der Waals surface area contributed by atoms with E-state index in [4.69, 9.17) is 11.6 Å². The van der Waals surface area contributed by atoms with Crippen molar-refractivity contribution in [3.63, 3.8) is 0 Å². The van der Waals surface area contributed by atoms with Crippen molar-refractivity contribution in [3.05, 3.63) is 55.7 Å². The highest BCUT2D eigenvalue weighted by Gasteiger charge is 2.32. The number of amides is 1. The van der Waals surface area contributed by atoms with Crippen molar-refractivity contribution in [2.24, 2.45) is 0 Å². The fraction of sp³-hybridized carbons (Fsp3) is 0.235. The number of piperazine rings is 1. The number of non-ortho nitro benzene ring substituents is 1. The van der Waals surface area contributed by atoms with Crippen molar-refractivity contribution in [1.82, 2.24) is 9.21 Å². The lowest BCUT2D eigenvalue weighted by Gasteiger charge is -2.33. The fourth-order valence-corrected chi connectivity index (χ4v) is 7.20. The zero-order chi connectivity index (χ0) is 20.8. The van der Waals surface area contributed by atoms with Crippen LogP contribution in [0.5, 0.6) is 0 Å². The second kappa shape index (κ2) is 7.65. The lowest BCUT2D eigenvalue weighted by atomic mass is 10.2. The van der Waals surface area contributed by atoms with E-state index in [-0.39, 0.29) is 47.0 Å². The Morgan fingerprint density at radius 1 is 1.17 bits per heavy atom. The fourth-order valence-electron chi connectivity index (χ4n) is 3.12. The number of nitro benzene ring substituents is 1. The van der Waals surface area contributed by atoms with Crippen molar-refractivity contribution in [2.45, 2.75) is 4.21 Å². The summed E-state index contributed by atoms with van der Waals surface area (Å²) < 4.78 is 27.4. The van der Waals surface area contributed by atoms with E-state index in [0.717, 1.165) is 22.7 Å². The Balaban J connectivity index is 1.53. The standard InChI is InChI=1S/C17H14ClN3O5S3/c18-15-12-4-3-11(21(23)24)10-13(12)28-16(15)17(22)19-5-7-20(8-6-19)29(25,26)14-2-1-9-27-14/h1-4,9-10H,5-8H2. The van der Waals surface area contributed by atoms with Crippen LogP contribution in [0.3, 0.4) is 0 Å². The molecule has 152 valence electrons. The van der Waals surface area contributed by atoms with Crippen molar-refractivity contribution >= 4 is 66.0 Å². The van der Waals surface area contributed by atoms with Gasteiger partial charge in [-0.05, 0) is 17.5 Å². The van der Waals surface area contributed by atoms with Gasteiger partial charge in [0.05, 0.1) is 9.95 Å². The lowest BCUT2D eigenvalue weighted by molar-refractivity contribution is -0.384. The molecule has 0 unspecified atom stereocenters. The molecule has 3 aromatic rings. The predicted molar refractivity (Wildman–Crippen MR) is 112 cm³/mol. The molecule has 1 aliphatic rings. The largest absolute Gasteiger partial charge is 0.335 e. The van der Waals surface area contributed by atoms with E-state index in [9.17, 15) is 23.3 Å². The Labute approximate surface area is 179 Å². The van der Waals surface area contributed by atoms with Crippen LogP contribution in [0, 0.1) is 10.1 Å². The van der Waals surface area contributed by atoms with Gasteiger partial charge in [0, 0.05) is 48.4 Å². The van der Waals surface area contributed by atoms with Crippen LogP contribution in [-0.4, -0.2) is 54.6 Å². The van der Waals surface area contributed by atoms with Gasteiger partial charge in [-0.2, -0.15) is 4.31 Å². The van der Waals surface area contributed by atoms with E-state index in [1.165, 1.54) is 22.5 Å². The highest BCUT2D eigenvalue weighted by Crippen LogP contribution is 2.38. The van der Waals surface area contributed by atoms with Crippen molar-refractivity contribution < 1.29 is 18.1 Å². The van der Waals surface area contributed by atoms with Gasteiger partial charge in [-0.25, -0.2) is 8.42 Å². The van der Waals surface area contributed by atoms with Gasteiger partial charge < -0.3 is 4.90 Å². The molecule has 1 saturated heterocycles. The number of carbonyl (C=O) groups excluding carboxylic acids is 1. The molecule has 0 atom stereocenters. The summed E-state index contributed by atoms with van der Waals surface area (Å²) in [6, 6.07) is 7.53. The minimum Gasteiger partial charge on any atom is -0.335 e. The predicted octanol–water partition coefficient (Wildman–Crippen LogP) is 3.67. The number of halogens is 1. The van der Waals surface area contributed by atoms with Crippen LogP contribution in [-0.2, 0) is 10.0 Å². The summed E-state index contributed by atoms with van der Waals surface area (Å²) in [5.41, 5.74) is -0.0678. The smallest absolute Gasteiger partial charge is 0.270 e. The number of hydrogen-bond acceptors (Lipinski definition) is 7. The molecule has 0 saturated carbocycles. The first kappa shape index (κ1) is 20.2. The summed E-state index contributed by atoms with van der Waals surface area (Å²) in [6.45, 7) is 0.877.